The van der Waals surface area contributed by atoms with E-state index in [-0.39, 0.29) is 42.5 Å². The van der Waals surface area contributed by atoms with Gasteiger partial charge >= 0.3 is 0 Å². The van der Waals surface area contributed by atoms with Crippen LogP contribution in [0.3, 0.4) is 0 Å². The molecule has 1 amide bonds. The lowest BCUT2D eigenvalue weighted by Gasteiger charge is -2.36. The van der Waals surface area contributed by atoms with Crippen LogP contribution >= 0.6 is 35.6 Å². The van der Waals surface area contributed by atoms with Crippen LogP contribution in [0.5, 0.6) is 0 Å². The largest absolute Gasteiger partial charge is 0.383 e. The number of guanidine groups is 1. The molecule has 7 nitrogen and oxygen atoms in total. The molecule has 1 heterocycles. The molecule has 1 aliphatic heterocycles. The molecule has 0 radical (unpaired) electrons. The number of rotatable bonds is 7. The minimum Gasteiger partial charge on any atom is -0.383 e. The van der Waals surface area contributed by atoms with Gasteiger partial charge < -0.3 is 25.2 Å². The van der Waals surface area contributed by atoms with Crippen LogP contribution in [0.2, 0.25) is 5.02 Å². The molecular weight excluding hydrogens is 493 g/mol. The SMILES string of the molecule is CCNC(=NCC(=O)N1CCN(c2ccc(Cl)cc2)CC1)NC(C)COC.I. The number of aliphatic imine (C=N–C) groups is 1. The highest BCUT2D eigenvalue weighted by atomic mass is 127. The van der Waals surface area contributed by atoms with E-state index in [9.17, 15) is 4.79 Å². The molecule has 0 aromatic heterocycles. The molecule has 0 bridgehead atoms. The average Bonchev–Trinajstić information content (AvgIpc) is 2.67. The zero-order chi connectivity index (χ0) is 19.6. The zero-order valence-electron chi connectivity index (χ0n) is 16.8. The van der Waals surface area contributed by atoms with Crippen LogP contribution in [-0.2, 0) is 9.53 Å². The van der Waals surface area contributed by atoms with Crippen molar-refractivity contribution in [2.75, 3.05) is 57.9 Å². The van der Waals surface area contributed by atoms with Gasteiger partial charge in [-0.3, -0.25) is 4.79 Å². The summed E-state index contributed by atoms with van der Waals surface area (Å²) in [5.41, 5.74) is 1.13. The molecule has 1 saturated heterocycles. The van der Waals surface area contributed by atoms with Crippen molar-refractivity contribution < 1.29 is 9.53 Å². The first-order valence-corrected chi connectivity index (χ1v) is 9.73. The third-order valence-electron chi connectivity index (χ3n) is 4.34. The molecule has 1 aliphatic rings. The van der Waals surface area contributed by atoms with Crippen LogP contribution in [0.1, 0.15) is 13.8 Å². The Labute approximate surface area is 189 Å². The number of nitrogens with one attached hydrogen (secondary N) is 2. The van der Waals surface area contributed by atoms with Crippen molar-refractivity contribution in [3.8, 4) is 0 Å². The van der Waals surface area contributed by atoms with E-state index in [2.05, 4.69) is 20.5 Å². The van der Waals surface area contributed by atoms with Crippen LogP contribution in [0.25, 0.3) is 0 Å². The first kappa shape index (κ1) is 24.8. The monoisotopic (exact) mass is 523 g/mol. The maximum atomic E-state index is 12.5. The summed E-state index contributed by atoms with van der Waals surface area (Å²) in [5.74, 6) is 0.678. The van der Waals surface area contributed by atoms with Crippen LogP contribution in [0.15, 0.2) is 29.3 Å². The van der Waals surface area contributed by atoms with E-state index >= 15 is 0 Å². The van der Waals surface area contributed by atoms with E-state index in [1.807, 2.05) is 43.0 Å². The van der Waals surface area contributed by atoms with Gasteiger partial charge in [-0.1, -0.05) is 11.6 Å². The maximum Gasteiger partial charge on any atom is 0.244 e. The second-order valence-electron chi connectivity index (χ2n) is 6.54. The predicted octanol–water partition coefficient (Wildman–Crippen LogP) is 2.20. The van der Waals surface area contributed by atoms with E-state index in [0.29, 0.717) is 25.7 Å². The lowest BCUT2D eigenvalue weighted by molar-refractivity contribution is -0.129. The van der Waals surface area contributed by atoms with Gasteiger partial charge in [-0.15, -0.1) is 24.0 Å². The average molecular weight is 524 g/mol. The highest BCUT2D eigenvalue weighted by molar-refractivity contribution is 14.0. The molecule has 28 heavy (non-hydrogen) atoms. The van der Waals surface area contributed by atoms with E-state index in [1.54, 1.807) is 7.11 Å². The van der Waals surface area contributed by atoms with Crippen LogP contribution < -0.4 is 15.5 Å². The van der Waals surface area contributed by atoms with Crippen molar-refractivity contribution in [1.82, 2.24) is 15.5 Å². The number of ether oxygens (including phenoxy) is 1. The summed E-state index contributed by atoms with van der Waals surface area (Å²) in [7, 11) is 1.66. The topological polar surface area (TPSA) is 69.2 Å². The van der Waals surface area contributed by atoms with Crippen molar-refractivity contribution >= 4 is 53.1 Å². The number of carbonyl (C=O) groups excluding carboxylic acids is 1. The number of amides is 1. The van der Waals surface area contributed by atoms with Gasteiger partial charge in [0.15, 0.2) is 5.96 Å². The van der Waals surface area contributed by atoms with Crippen molar-refractivity contribution in [1.29, 1.82) is 0 Å². The zero-order valence-corrected chi connectivity index (χ0v) is 19.9. The Balaban J connectivity index is 0.00000392. The smallest absolute Gasteiger partial charge is 0.244 e. The van der Waals surface area contributed by atoms with Gasteiger partial charge in [0.25, 0.3) is 0 Å². The van der Waals surface area contributed by atoms with Gasteiger partial charge in [0, 0.05) is 56.6 Å². The number of hydrogen-bond donors (Lipinski definition) is 2. The first-order chi connectivity index (χ1) is 13.0. The summed E-state index contributed by atoms with van der Waals surface area (Å²) in [4.78, 5) is 21.1. The lowest BCUT2D eigenvalue weighted by Crippen LogP contribution is -2.50. The second-order valence-corrected chi connectivity index (χ2v) is 6.98. The van der Waals surface area contributed by atoms with Gasteiger partial charge in [-0.05, 0) is 38.1 Å². The number of nitrogens with zero attached hydrogens (tertiary/aromatic N) is 3. The Morgan fingerprint density at radius 2 is 1.89 bits per heavy atom. The summed E-state index contributed by atoms with van der Waals surface area (Å²) in [6.45, 7) is 8.45. The highest BCUT2D eigenvalue weighted by Crippen LogP contribution is 2.19. The van der Waals surface area contributed by atoms with E-state index < -0.39 is 0 Å². The molecule has 0 aliphatic carbocycles. The number of piperazine rings is 1. The molecule has 1 aromatic rings. The lowest BCUT2D eigenvalue weighted by atomic mass is 10.2. The highest BCUT2D eigenvalue weighted by Gasteiger charge is 2.21. The first-order valence-electron chi connectivity index (χ1n) is 9.35. The summed E-state index contributed by atoms with van der Waals surface area (Å²) in [6, 6.07) is 7.93. The van der Waals surface area contributed by atoms with Gasteiger partial charge in [-0.25, -0.2) is 4.99 Å². The fraction of sp³-hybridized carbons (Fsp3) is 0.579. The van der Waals surface area contributed by atoms with Crippen molar-refractivity contribution in [2.24, 2.45) is 4.99 Å². The van der Waals surface area contributed by atoms with Gasteiger partial charge in [0.1, 0.15) is 6.54 Å². The Bertz CT molecular complexity index is 621. The molecule has 158 valence electrons. The van der Waals surface area contributed by atoms with Crippen LogP contribution in [0.4, 0.5) is 5.69 Å². The molecular formula is C19H31ClIN5O2. The maximum absolute atomic E-state index is 12.5. The fourth-order valence-electron chi connectivity index (χ4n) is 2.96. The Morgan fingerprint density at radius 3 is 2.46 bits per heavy atom. The molecule has 1 unspecified atom stereocenters. The number of anilines is 1. The molecule has 2 N–H and O–H groups in total. The third kappa shape index (κ3) is 8.00. The summed E-state index contributed by atoms with van der Waals surface area (Å²) in [5, 5.41) is 7.12. The molecule has 1 aromatic carbocycles. The van der Waals surface area contributed by atoms with E-state index in [1.165, 1.54) is 0 Å². The van der Waals surface area contributed by atoms with E-state index in [4.69, 9.17) is 16.3 Å². The second kappa shape index (κ2) is 13.1. The van der Waals surface area contributed by atoms with Gasteiger partial charge in [0.05, 0.1) is 6.61 Å². The summed E-state index contributed by atoms with van der Waals surface area (Å²) in [6.07, 6.45) is 0. The third-order valence-corrected chi connectivity index (χ3v) is 4.59. The molecule has 9 heteroatoms. The minimum atomic E-state index is 0. The van der Waals surface area contributed by atoms with Crippen molar-refractivity contribution in [3.05, 3.63) is 29.3 Å². The Morgan fingerprint density at radius 1 is 1.25 bits per heavy atom. The number of halogens is 2. The molecule has 2 rings (SSSR count). The fourth-order valence-corrected chi connectivity index (χ4v) is 3.08. The van der Waals surface area contributed by atoms with Crippen LogP contribution in [0, 0.1) is 0 Å². The summed E-state index contributed by atoms with van der Waals surface area (Å²) < 4.78 is 5.12. The quantitative estimate of drug-likeness (QED) is 0.326. The molecule has 1 atom stereocenters. The van der Waals surface area contributed by atoms with Crippen molar-refractivity contribution in [3.63, 3.8) is 0 Å². The normalized spacial score (nSPS) is 15.6. The minimum absolute atomic E-state index is 0. The Hall–Kier alpha value is -1.26. The standard InChI is InChI=1S/C19H30ClN5O2.HI/c1-4-21-19(23-15(2)14-27-3)22-13-18(26)25-11-9-24(10-12-25)17-7-5-16(20)6-8-17;/h5-8,15H,4,9-14H2,1-3H3,(H2,21,22,23);1H. The van der Waals surface area contributed by atoms with Gasteiger partial charge in [-0.2, -0.15) is 0 Å². The van der Waals surface area contributed by atoms with Crippen molar-refractivity contribution in [2.45, 2.75) is 19.9 Å². The number of carbonyl (C=O) groups is 1. The molecule has 0 saturated carbocycles. The van der Waals surface area contributed by atoms with Gasteiger partial charge in [0.2, 0.25) is 5.91 Å². The molecule has 1 fully saturated rings. The number of hydrogen-bond acceptors (Lipinski definition) is 4. The molecule has 0 spiro atoms. The predicted molar refractivity (Wildman–Crippen MR) is 126 cm³/mol. The Kier molecular flexibility index (Phi) is 11.6. The summed E-state index contributed by atoms with van der Waals surface area (Å²) >= 11 is 5.95. The van der Waals surface area contributed by atoms with E-state index in [0.717, 1.165) is 30.3 Å². The number of benzene rings is 1. The van der Waals surface area contributed by atoms with Crippen LogP contribution in [-0.4, -0.2) is 75.8 Å². The number of methoxy groups -OCH3 is 1.